The molecule has 0 aliphatic rings. The minimum absolute atomic E-state index is 0.0413. The number of carboxylic acid groups (broad SMARTS) is 1. The second-order valence-corrected chi connectivity index (χ2v) is 5.54. The van der Waals surface area contributed by atoms with E-state index in [4.69, 9.17) is 9.52 Å². The zero-order chi connectivity index (χ0) is 15.2. The van der Waals surface area contributed by atoms with Gasteiger partial charge in [-0.2, -0.15) is 0 Å². The van der Waals surface area contributed by atoms with Gasteiger partial charge in [0.15, 0.2) is 0 Å². The molecule has 0 fully saturated rings. The van der Waals surface area contributed by atoms with E-state index in [2.05, 4.69) is 22.5 Å². The van der Waals surface area contributed by atoms with Crippen LogP contribution in [-0.2, 0) is 11.3 Å². The quantitative estimate of drug-likeness (QED) is 0.772. The van der Waals surface area contributed by atoms with Gasteiger partial charge in [0.1, 0.15) is 11.5 Å². The van der Waals surface area contributed by atoms with Crippen LogP contribution in [0.4, 0.5) is 0 Å². The van der Waals surface area contributed by atoms with Crippen molar-refractivity contribution in [1.82, 2.24) is 4.90 Å². The number of carbonyl (C=O) groups is 1. The second-order valence-electron chi connectivity index (χ2n) is 4.62. The van der Waals surface area contributed by atoms with E-state index in [-0.39, 0.29) is 6.54 Å². The monoisotopic (exact) mass is 349 g/mol. The Hall–Kier alpha value is -1.85. The molecular formula is C16H16BrNO3. The molecule has 1 aromatic heterocycles. The topological polar surface area (TPSA) is 53.7 Å². The van der Waals surface area contributed by atoms with E-state index >= 15 is 0 Å². The maximum atomic E-state index is 10.8. The summed E-state index contributed by atoms with van der Waals surface area (Å²) >= 11 is 3.39. The summed E-state index contributed by atoms with van der Waals surface area (Å²) in [7, 11) is 0. The number of benzene rings is 1. The van der Waals surface area contributed by atoms with Gasteiger partial charge in [-0.1, -0.05) is 34.1 Å². The maximum absolute atomic E-state index is 10.8. The zero-order valence-corrected chi connectivity index (χ0v) is 13.0. The van der Waals surface area contributed by atoms with Crippen molar-refractivity contribution in [2.24, 2.45) is 0 Å². The van der Waals surface area contributed by atoms with Gasteiger partial charge in [-0.3, -0.25) is 9.69 Å². The first-order valence-corrected chi connectivity index (χ1v) is 7.27. The minimum atomic E-state index is -0.864. The van der Waals surface area contributed by atoms with Crippen LogP contribution in [0.3, 0.4) is 0 Å². The number of nitrogens with zero attached hydrogens (tertiary/aromatic N) is 1. The lowest BCUT2D eigenvalue weighted by Gasteiger charge is -2.16. The van der Waals surface area contributed by atoms with Gasteiger partial charge in [-0.25, -0.2) is 0 Å². The van der Waals surface area contributed by atoms with Gasteiger partial charge < -0.3 is 9.52 Å². The Labute approximate surface area is 131 Å². The van der Waals surface area contributed by atoms with Gasteiger partial charge in [0, 0.05) is 16.6 Å². The number of hydrogen-bond acceptors (Lipinski definition) is 3. The Bertz CT molecular complexity index is 619. The number of carboxylic acids is 1. The Morgan fingerprint density at radius 3 is 2.62 bits per heavy atom. The summed E-state index contributed by atoms with van der Waals surface area (Å²) in [6.07, 6.45) is 1.68. The first-order chi connectivity index (χ1) is 10.1. The molecular weight excluding hydrogens is 334 g/mol. The van der Waals surface area contributed by atoms with Crippen molar-refractivity contribution in [3.05, 3.63) is 59.3 Å². The lowest BCUT2D eigenvalue weighted by Crippen LogP contribution is -2.29. The number of aliphatic carboxylic acids is 1. The standard InChI is InChI=1S/C16H16BrNO3/c1-2-9-18(11-16(19)20)10-14-7-8-15(21-14)12-3-5-13(17)6-4-12/h2-8H,1,9-11H2,(H,19,20). The normalized spacial score (nSPS) is 10.8. The molecule has 0 atom stereocenters. The van der Waals surface area contributed by atoms with E-state index in [1.165, 1.54) is 0 Å². The third-order valence-electron chi connectivity index (χ3n) is 2.92. The van der Waals surface area contributed by atoms with Crippen LogP contribution in [0, 0.1) is 0 Å². The molecule has 0 spiro atoms. The Kier molecular flexibility index (Phi) is 5.36. The summed E-state index contributed by atoms with van der Waals surface area (Å²) < 4.78 is 6.79. The number of furan rings is 1. The highest BCUT2D eigenvalue weighted by Crippen LogP contribution is 2.24. The molecule has 0 unspecified atom stereocenters. The molecule has 5 heteroatoms. The van der Waals surface area contributed by atoms with Crippen molar-refractivity contribution in [2.45, 2.75) is 6.54 Å². The first-order valence-electron chi connectivity index (χ1n) is 6.48. The van der Waals surface area contributed by atoms with E-state index < -0.39 is 5.97 Å². The molecule has 0 radical (unpaired) electrons. The van der Waals surface area contributed by atoms with E-state index in [1.807, 2.05) is 36.4 Å². The highest BCUT2D eigenvalue weighted by atomic mass is 79.9. The van der Waals surface area contributed by atoms with Gasteiger partial charge in [0.05, 0.1) is 13.1 Å². The van der Waals surface area contributed by atoms with E-state index in [1.54, 1.807) is 11.0 Å². The van der Waals surface area contributed by atoms with E-state index in [0.717, 1.165) is 21.6 Å². The zero-order valence-electron chi connectivity index (χ0n) is 11.5. The summed E-state index contributed by atoms with van der Waals surface area (Å²) in [5.74, 6) is 0.638. The number of halogens is 1. The molecule has 0 saturated carbocycles. The molecule has 4 nitrogen and oxygen atoms in total. The molecule has 0 saturated heterocycles. The SMILES string of the molecule is C=CCN(CC(=O)O)Cc1ccc(-c2ccc(Br)cc2)o1. The summed E-state index contributed by atoms with van der Waals surface area (Å²) in [6.45, 7) is 4.54. The maximum Gasteiger partial charge on any atom is 0.317 e. The second kappa shape index (κ2) is 7.24. The molecule has 2 aromatic rings. The molecule has 0 bridgehead atoms. The minimum Gasteiger partial charge on any atom is -0.480 e. The van der Waals surface area contributed by atoms with Gasteiger partial charge in [0.25, 0.3) is 0 Å². The van der Waals surface area contributed by atoms with Gasteiger partial charge in [0.2, 0.25) is 0 Å². The van der Waals surface area contributed by atoms with Crippen molar-refractivity contribution in [2.75, 3.05) is 13.1 Å². The molecule has 0 aliphatic heterocycles. The van der Waals surface area contributed by atoms with Crippen LogP contribution in [0.5, 0.6) is 0 Å². The average Bonchev–Trinajstić information content (AvgIpc) is 2.87. The summed E-state index contributed by atoms with van der Waals surface area (Å²) in [6, 6.07) is 11.6. The summed E-state index contributed by atoms with van der Waals surface area (Å²) in [4.78, 5) is 12.6. The predicted molar refractivity (Wildman–Crippen MR) is 85.0 cm³/mol. The molecule has 1 aromatic carbocycles. The van der Waals surface area contributed by atoms with Crippen molar-refractivity contribution >= 4 is 21.9 Å². The average molecular weight is 350 g/mol. The van der Waals surface area contributed by atoms with Crippen LogP contribution in [0.2, 0.25) is 0 Å². The van der Waals surface area contributed by atoms with E-state index in [9.17, 15) is 4.79 Å². The van der Waals surface area contributed by atoms with Gasteiger partial charge in [-0.05, 0) is 24.3 Å². The smallest absolute Gasteiger partial charge is 0.317 e. The molecule has 21 heavy (non-hydrogen) atoms. The van der Waals surface area contributed by atoms with E-state index in [0.29, 0.717) is 13.1 Å². The highest BCUT2D eigenvalue weighted by molar-refractivity contribution is 9.10. The summed E-state index contributed by atoms with van der Waals surface area (Å²) in [5, 5.41) is 8.89. The van der Waals surface area contributed by atoms with Crippen molar-refractivity contribution in [1.29, 1.82) is 0 Å². The Morgan fingerprint density at radius 2 is 2.00 bits per heavy atom. The van der Waals surface area contributed by atoms with Crippen molar-refractivity contribution < 1.29 is 14.3 Å². The van der Waals surface area contributed by atoms with Gasteiger partial charge >= 0.3 is 5.97 Å². The van der Waals surface area contributed by atoms with Crippen LogP contribution < -0.4 is 0 Å². The lowest BCUT2D eigenvalue weighted by atomic mass is 10.2. The molecule has 0 amide bonds. The third kappa shape index (κ3) is 4.58. The molecule has 2 rings (SSSR count). The number of hydrogen-bond donors (Lipinski definition) is 1. The fraction of sp³-hybridized carbons (Fsp3) is 0.188. The Balaban J connectivity index is 2.09. The van der Waals surface area contributed by atoms with Crippen LogP contribution in [0.25, 0.3) is 11.3 Å². The van der Waals surface area contributed by atoms with Gasteiger partial charge in [-0.15, -0.1) is 6.58 Å². The van der Waals surface area contributed by atoms with Crippen molar-refractivity contribution in [3.8, 4) is 11.3 Å². The van der Waals surface area contributed by atoms with Crippen LogP contribution >= 0.6 is 15.9 Å². The van der Waals surface area contributed by atoms with Crippen LogP contribution in [-0.4, -0.2) is 29.1 Å². The Morgan fingerprint density at radius 1 is 1.29 bits per heavy atom. The fourth-order valence-electron chi connectivity index (χ4n) is 2.01. The van der Waals surface area contributed by atoms with Crippen molar-refractivity contribution in [3.63, 3.8) is 0 Å². The molecule has 1 N–H and O–H groups in total. The third-order valence-corrected chi connectivity index (χ3v) is 3.44. The number of rotatable bonds is 7. The fourth-order valence-corrected chi connectivity index (χ4v) is 2.28. The first kappa shape index (κ1) is 15.5. The predicted octanol–water partition coefficient (Wildman–Crippen LogP) is 3.78. The van der Waals surface area contributed by atoms with Crippen LogP contribution in [0.15, 0.2) is 57.9 Å². The largest absolute Gasteiger partial charge is 0.480 e. The summed E-state index contributed by atoms with van der Waals surface area (Å²) in [5.41, 5.74) is 0.984. The highest BCUT2D eigenvalue weighted by Gasteiger charge is 2.12. The molecule has 110 valence electrons. The molecule has 1 heterocycles. The lowest BCUT2D eigenvalue weighted by molar-refractivity contribution is -0.138. The molecule has 0 aliphatic carbocycles. The van der Waals surface area contributed by atoms with Crippen LogP contribution in [0.1, 0.15) is 5.76 Å².